The number of aliphatic hydroxyl groups is 1. The minimum absolute atomic E-state index is 0.00786. The number of aliphatic hydroxyl groups excluding tert-OH is 1. The molecule has 1 aromatic carbocycles. The van der Waals surface area contributed by atoms with Crippen molar-refractivity contribution in [3.05, 3.63) is 23.7 Å². The van der Waals surface area contributed by atoms with Crippen LogP contribution in [0.5, 0.6) is 5.75 Å². The Kier molecular flexibility index (Phi) is 5.64. The molecule has 3 aromatic rings. The topological polar surface area (TPSA) is 88.0 Å². The van der Waals surface area contributed by atoms with Crippen LogP contribution < -0.4 is 9.64 Å². The van der Waals surface area contributed by atoms with Crippen molar-refractivity contribution >= 4 is 44.1 Å². The van der Waals surface area contributed by atoms with Crippen molar-refractivity contribution in [2.45, 2.75) is 51.0 Å². The molecule has 3 fully saturated rings. The number of amides is 1. The highest BCUT2D eigenvalue weighted by molar-refractivity contribution is 7.22. The van der Waals surface area contributed by atoms with Crippen LogP contribution in [0, 0.1) is 0 Å². The molecule has 3 aliphatic heterocycles. The Hall–Kier alpha value is -2.57. The number of carbonyl (C=O) groups is 1. The van der Waals surface area contributed by atoms with E-state index in [1.807, 2.05) is 26.2 Å². The van der Waals surface area contributed by atoms with Crippen molar-refractivity contribution in [2.75, 3.05) is 24.6 Å². The van der Waals surface area contributed by atoms with Gasteiger partial charge in [0.15, 0.2) is 5.13 Å². The van der Waals surface area contributed by atoms with Crippen LogP contribution >= 0.6 is 22.7 Å². The lowest BCUT2D eigenvalue weighted by Crippen LogP contribution is -2.70. The summed E-state index contributed by atoms with van der Waals surface area (Å²) in [7, 11) is 0. The molecule has 0 aliphatic carbocycles. The number of alkyl halides is 2. The highest BCUT2D eigenvalue weighted by Gasteiger charge is 2.49. The fourth-order valence-corrected chi connectivity index (χ4v) is 6.01. The molecule has 2 atom stereocenters. The minimum Gasteiger partial charge on any atom is -0.444 e. The summed E-state index contributed by atoms with van der Waals surface area (Å²) in [5.41, 5.74) is 0.682. The first-order valence-corrected chi connectivity index (χ1v) is 12.5. The molecule has 2 bridgehead atoms. The van der Waals surface area contributed by atoms with E-state index in [0.717, 1.165) is 17.0 Å². The Bertz CT molecular complexity index is 1200. The summed E-state index contributed by atoms with van der Waals surface area (Å²) in [6.45, 7) is 5.25. The number of anilines is 1. The molecule has 12 heteroatoms. The number of benzene rings is 1. The Morgan fingerprint density at radius 3 is 2.62 bits per heavy atom. The normalized spacial score (nSPS) is 20.4. The van der Waals surface area contributed by atoms with Gasteiger partial charge in [0.1, 0.15) is 23.0 Å². The van der Waals surface area contributed by atoms with Gasteiger partial charge in [0.25, 0.3) is 0 Å². The van der Waals surface area contributed by atoms with Crippen LogP contribution in [-0.2, 0) is 4.74 Å². The van der Waals surface area contributed by atoms with Gasteiger partial charge < -0.3 is 19.5 Å². The highest BCUT2D eigenvalue weighted by atomic mass is 32.1. The van der Waals surface area contributed by atoms with Gasteiger partial charge in [-0.05, 0) is 39.3 Å². The van der Waals surface area contributed by atoms with E-state index in [1.165, 1.54) is 28.7 Å². The Morgan fingerprint density at radius 2 is 2.00 bits per heavy atom. The predicted octanol–water partition coefficient (Wildman–Crippen LogP) is 4.58. The summed E-state index contributed by atoms with van der Waals surface area (Å²) in [5, 5.41) is 12.2. The van der Waals surface area contributed by atoms with Gasteiger partial charge >= 0.3 is 12.2 Å². The van der Waals surface area contributed by atoms with E-state index in [9.17, 15) is 13.6 Å². The summed E-state index contributed by atoms with van der Waals surface area (Å²) in [6.07, 6.45) is -1.46. The molecule has 3 saturated heterocycles. The third-order valence-corrected chi connectivity index (χ3v) is 7.61. The summed E-state index contributed by atoms with van der Waals surface area (Å²) >= 11 is 2.68. The lowest BCUT2D eigenvalue weighted by atomic mass is 9.88. The third-order valence-electron chi connectivity index (χ3n) is 5.67. The SMILES string of the molecule is CC(C)(C)OC(=O)N1C2CC1CN(c1nc3c(-c4nccs4)ccc(OC(F)(F)CO)c3s1)C2. The standard InChI is InChI=1S/C22H24F2N4O4S2/c1-21(2,3)32-20(30)28-12-8-13(28)10-27(9-12)19-26-16-14(18-25-6-7-33-18)4-5-15(17(16)34-19)31-22(23,24)11-29/h4-7,12-13,29H,8-11H2,1-3H3. The zero-order chi connectivity index (χ0) is 24.3. The molecule has 0 spiro atoms. The van der Waals surface area contributed by atoms with Gasteiger partial charge in [-0.3, -0.25) is 4.90 Å². The van der Waals surface area contributed by atoms with Crippen molar-refractivity contribution in [1.82, 2.24) is 14.9 Å². The number of piperidine rings is 1. The van der Waals surface area contributed by atoms with E-state index in [1.54, 1.807) is 17.2 Å². The molecule has 6 rings (SSSR count). The van der Waals surface area contributed by atoms with Crippen LogP contribution in [-0.4, -0.2) is 69.6 Å². The number of ether oxygens (including phenoxy) is 2. The number of piperazine rings is 1. The lowest BCUT2D eigenvalue weighted by Gasteiger charge is -2.55. The molecule has 1 N–H and O–H groups in total. The average molecular weight is 511 g/mol. The van der Waals surface area contributed by atoms with Crippen LogP contribution in [0.2, 0.25) is 0 Å². The quantitative estimate of drug-likeness (QED) is 0.538. The maximum atomic E-state index is 13.8. The second-order valence-electron chi connectivity index (χ2n) is 9.36. The van der Waals surface area contributed by atoms with Gasteiger partial charge in [0.05, 0.1) is 22.3 Å². The molecule has 182 valence electrons. The van der Waals surface area contributed by atoms with Gasteiger partial charge in [0, 0.05) is 30.2 Å². The molecule has 0 saturated carbocycles. The minimum atomic E-state index is -3.71. The van der Waals surface area contributed by atoms with Crippen LogP contribution in [0.3, 0.4) is 0 Å². The van der Waals surface area contributed by atoms with Crippen molar-refractivity contribution in [3.63, 3.8) is 0 Å². The van der Waals surface area contributed by atoms with Crippen molar-refractivity contribution < 1.29 is 28.2 Å². The summed E-state index contributed by atoms with van der Waals surface area (Å²) < 4.78 is 38.5. The number of fused-ring (bicyclic) bond motifs is 3. The number of thiazole rings is 2. The molecule has 8 nitrogen and oxygen atoms in total. The zero-order valence-corrected chi connectivity index (χ0v) is 20.5. The van der Waals surface area contributed by atoms with E-state index in [0.29, 0.717) is 28.4 Å². The number of halogens is 2. The molecule has 2 unspecified atom stereocenters. The van der Waals surface area contributed by atoms with Crippen molar-refractivity contribution in [2.24, 2.45) is 0 Å². The van der Waals surface area contributed by atoms with Crippen LogP contribution in [0.4, 0.5) is 18.7 Å². The monoisotopic (exact) mass is 510 g/mol. The fourth-order valence-electron chi connectivity index (χ4n) is 4.29. The number of hydrogen-bond donors (Lipinski definition) is 1. The first kappa shape index (κ1) is 23.2. The van der Waals surface area contributed by atoms with Crippen molar-refractivity contribution in [3.8, 4) is 16.3 Å². The fraction of sp³-hybridized carbons (Fsp3) is 0.500. The maximum Gasteiger partial charge on any atom is 0.421 e. The molecule has 2 aromatic heterocycles. The van der Waals surface area contributed by atoms with E-state index in [2.05, 4.69) is 9.88 Å². The highest BCUT2D eigenvalue weighted by Crippen LogP contribution is 2.44. The Balaban J connectivity index is 1.45. The average Bonchev–Trinajstić information content (AvgIpc) is 3.43. The van der Waals surface area contributed by atoms with Gasteiger partial charge in [-0.2, -0.15) is 8.78 Å². The van der Waals surface area contributed by atoms with E-state index in [-0.39, 0.29) is 23.9 Å². The van der Waals surface area contributed by atoms with Crippen LogP contribution in [0.15, 0.2) is 23.7 Å². The van der Waals surface area contributed by atoms with Crippen LogP contribution in [0.1, 0.15) is 27.2 Å². The van der Waals surface area contributed by atoms with Gasteiger partial charge in [-0.25, -0.2) is 14.8 Å². The predicted molar refractivity (Wildman–Crippen MR) is 126 cm³/mol. The zero-order valence-electron chi connectivity index (χ0n) is 18.8. The van der Waals surface area contributed by atoms with Gasteiger partial charge in [0.2, 0.25) is 0 Å². The Labute approximate surface area is 202 Å². The number of hydrogen-bond acceptors (Lipinski definition) is 9. The Morgan fingerprint density at radius 1 is 1.26 bits per heavy atom. The number of rotatable bonds is 5. The third kappa shape index (κ3) is 4.29. The number of carbonyl (C=O) groups excluding carboxylic acids is 1. The molecular weight excluding hydrogens is 486 g/mol. The molecule has 0 radical (unpaired) electrons. The molecule has 34 heavy (non-hydrogen) atoms. The summed E-state index contributed by atoms with van der Waals surface area (Å²) in [4.78, 5) is 25.6. The molecule has 1 amide bonds. The van der Waals surface area contributed by atoms with E-state index in [4.69, 9.17) is 19.6 Å². The smallest absolute Gasteiger partial charge is 0.421 e. The maximum absolute atomic E-state index is 13.8. The lowest BCUT2D eigenvalue weighted by molar-refractivity contribution is -0.200. The number of nitrogens with zero attached hydrogens (tertiary/aromatic N) is 4. The second-order valence-corrected chi connectivity index (χ2v) is 11.2. The van der Waals surface area contributed by atoms with E-state index < -0.39 is 18.3 Å². The van der Waals surface area contributed by atoms with Gasteiger partial charge in [-0.1, -0.05) is 11.3 Å². The first-order chi connectivity index (χ1) is 16.0. The summed E-state index contributed by atoms with van der Waals surface area (Å²) in [5.74, 6) is -0.0457. The molecule has 3 aliphatic rings. The van der Waals surface area contributed by atoms with Gasteiger partial charge in [-0.15, -0.1) is 11.3 Å². The number of aromatic nitrogens is 2. The molecular formula is C22H24F2N4O4S2. The van der Waals surface area contributed by atoms with Crippen molar-refractivity contribution in [1.29, 1.82) is 0 Å². The second kappa shape index (κ2) is 8.28. The van der Waals surface area contributed by atoms with E-state index >= 15 is 0 Å². The largest absolute Gasteiger partial charge is 0.444 e. The molecule has 5 heterocycles. The first-order valence-electron chi connectivity index (χ1n) is 10.8. The van der Waals surface area contributed by atoms with Crippen LogP contribution in [0.25, 0.3) is 20.8 Å². The summed E-state index contributed by atoms with van der Waals surface area (Å²) in [6, 6.07) is 3.13.